The molecule has 0 fully saturated rings. The van der Waals surface area contributed by atoms with E-state index in [0.29, 0.717) is 17.2 Å². The van der Waals surface area contributed by atoms with E-state index in [9.17, 15) is 9.90 Å². The Kier molecular flexibility index (Phi) is 5.69. The first-order valence-corrected chi connectivity index (χ1v) is 11.5. The van der Waals surface area contributed by atoms with Crippen molar-refractivity contribution in [3.8, 4) is 0 Å². The average molecular weight is 347 g/mol. The standard InChI is InChI=1S/C17H25N3O3Si/c1-12(21)17-18-16(13(2)23-24(3,4)5)19-20(17)11-15(22)14-9-7-6-8-10-14/h6-10,12-13,21H,11H2,1-5H3. The minimum atomic E-state index is -1.74. The summed E-state index contributed by atoms with van der Waals surface area (Å²) in [6.07, 6.45) is -1.09. The first-order valence-electron chi connectivity index (χ1n) is 8.06. The predicted octanol–water partition coefficient (Wildman–Crippen LogP) is 3.13. The van der Waals surface area contributed by atoms with Gasteiger partial charge in [0.05, 0.1) is 0 Å². The smallest absolute Gasteiger partial charge is 0.184 e. The van der Waals surface area contributed by atoms with Crippen LogP contribution in [0.3, 0.4) is 0 Å². The van der Waals surface area contributed by atoms with Crippen molar-refractivity contribution in [1.29, 1.82) is 0 Å². The summed E-state index contributed by atoms with van der Waals surface area (Å²) in [6.45, 7) is 9.82. The molecule has 0 aliphatic heterocycles. The maximum atomic E-state index is 12.4. The molecule has 2 rings (SSSR count). The Morgan fingerprint density at radius 2 is 1.88 bits per heavy atom. The predicted molar refractivity (Wildman–Crippen MR) is 94.3 cm³/mol. The molecule has 2 unspecified atom stereocenters. The van der Waals surface area contributed by atoms with Gasteiger partial charge in [-0.3, -0.25) is 4.79 Å². The first kappa shape index (κ1) is 18.5. The van der Waals surface area contributed by atoms with Crippen LogP contribution in [0.25, 0.3) is 0 Å². The van der Waals surface area contributed by atoms with Crippen LogP contribution in [0, 0.1) is 0 Å². The third kappa shape index (κ3) is 4.83. The summed E-state index contributed by atoms with van der Waals surface area (Å²) >= 11 is 0. The Morgan fingerprint density at radius 3 is 2.42 bits per heavy atom. The van der Waals surface area contributed by atoms with Gasteiger partial charge in [-0.1, -0.05) is 30.3 Å². The summed E-state index contributed by atoms with van der Waals surface area (Å²) in [5, 5.41) is 14.4. The largest absolute Gasteiger partial charge is 0.408 e. The van der Waals surface area contributed by atoms with E-state index in [1.54, 1.807) is 19.1 Å². The minimum Gasteiger partial charge on any atom is -0.408 e. The number of hydrogen-bond donors (Lipinski definition) is 1. The Hall–Kier alpha value is -1.83. The third-order valence-electron chi connectivity index (χ3n) is 3.37. The SMILES string of the molecule is CC(O)c1nc(C(C)O[Si](C)(C)C)nn1CC(=O)c1ccccc1. The molecule has 1 aromatic carbocycles. The van der Waals surface area contributed by atoms with Crippen molar-refractivity contribution in [2.45, 2.75) is 52.2 Å². The van der Waals surface area contributed by atoms with Gasteiger partial charge in [0, 0.05) is 5.56 Å². The van der Waals surface area contributed by atoms with Crippen LogP contribution in [0.5, 0.6) is 0 Å². The van der Waals surface area contributed by atoms with Gasteiger partial charge in [0.1, 0.15) is 18.8 Å². The lowest BCUT2D eigenvalue weighted by Crippen LogP contribution is -2.27. The number of aliphatic hydroxyl groups excluding tert-OH is 1. The fourth-order valence-electron chi connectivity index (χ4n) is 2.40. The first-order chi connectivity index (χ1) is 11.2. The van der Waals surface area contributed by atoms with E-state index >= 15 is 0 Å². The summed E-state index contributed by atoms with van der Waals surface area (Å²) in [4.78, 5) is 16.8. The lowest BCUT2D eigenvalue weighted by atomic mass is 10.1. The van der Waals surface area contributed by atoms with Gasteiger partial charge in [-0.25, -0.2) is 9.67 Å². The number of Topliss-reactive ketones (excluding diaryl/α,β-unsaturated/α-hetero) is 1. The van der Waals surface area contributed by atoms with E-state index in [2.05, 4.69) is 29.7 Å². The molecule has 2 aromatic rings. The number of benzene rings is 1. The highest BCUT2D eigenvalue weighted by Crippen LogP contribution is 2.21. The Balaban J connectivity index is 2.24. The lowest BCUT2D eigenvalue weighted by Gasteiger charge is -2.21. The Morgan fingerprint density at radius 1 is 1.25 bits per heavy atom. The zero-order valence-electron chi connectivity index (χ0n) is 14.9. The summed E-state index contributed by atoms with van der Waals surface area (Å²) in [7, 11) is -1.74. The number of ketones is 1. The Bertz CT molecular complexity index is 693. The molecule has 0 amide bonds. The quantitative estimate of drug-likeness (QED) is 0.615. The molecule has 0 aliphatic carbocycles. The van der Waals surface area contributed by atoms with Crippen LogP contribution in [0.2, 0.25) is 19.6 Å². The number of aliphatic hydroxyl groups is 1. The van der Waals surface area contributed by atoms with Crippen LogP contribution in [0.4, 0.5) is 0 Å². The molecule has 0 bridgehead atoms. The van der Waals surface area contributed by atoms with Crippen LogP contribution >= 0.6 is 0 Å². The summed E-state index contributed by atoms with van der Waals surface area (Å²) in [5.41, 5.74) is 0.609. The molecule has 0 radical (unpaired) electrons. The van der Waals surface area contributed by atoms with Crippen molar-refractivity contribution in [1.82, 2.24) is 14.8 Å². The van der Waals surface area contributed by atoms with Gasteiger partial charge < -0.3 is 9.53 Å². The second kappa shape index (κ2) is 7.37. The van der Waals surface area contributed by atoms with Gasteiger partial charge in [0.25, 0.3) is 0 Å². The fourth-order valence-corrected chi connectivity index (χ4v) is 3.57. The second-order valence-corrected chi connectivity index (χ2v) is 11.3. The molecule has 1 heterocycles. The molecule has 0 saturated heterocycles. The average Bonchev–Trinajstić information content (AvgIpc) is 2.90. The third-order valence-corrected chi connectivity index (χ3v) is 4.43. The van der Waals surface area contributed by atoms with Crippen molar-refractivity contribution in [3.63, 3.8) is 0 Å². The molecule has 130 valence electrons. The second-order valence-electron chi connectivity index (χ2n) is 6.82. The zero-order valence-corrected chi connectivity index (χ0v) is 15.9. The topological polar surface area (TPSA) is 77.2 Å². The van der Waals surface area contributed by atoms with Gasteiger partial charge in [-0.2, -0.15) is 5.10 Å². The molecule has 24 heavy (non-hydrogen) atoms. The van der Waals surface area contributed by atoms with Crippen molar-refractivity contribution < 1.29 is 14.3 Å². The maximum absolute atomic E-state index is 12.4. The van der Waals surface area contributed by atoms with Crippen molar-refractivity contribution in [3.05, 3.63) is 47.5 Å². The van der Waals surface area contributed by atoms with Crippen LogP contribution in [0.1, 0.15) is 48.1 Å². The molecule has 6 nitrogen and oxygen atoms in total. The number of nitrogens with zero attached hydrogens (tertiary/aromatic N) is 3. The summed E-state index contributed by atoms with van der Waals surface area (Å²) < 4.78 is 7.47. The van der Waals surface area contributed by atoms with Gasteiger partial charge >= 0.3 is 0 Å². The van der Waals surface area contributed by atoms with E-state index in [1.807, 2.05) is 25.1 Å². The van der Waals surface area contributed by atoms with Crippen LogP contribution in [-0.2, 0) is 11.0 Å². The van der Waals surface area contributed by atoms with Crippen LogP contribution in [-0.4, -0.2) is 34.0 Å². The normalized spacial score (nSPS) is 14.4. The van der Waals surface area contributed by atoms with Crippen LogP contribution < -0.4 is 0 Å². The number of rotatable bonds is 7. The monoisotopic (exact) mass is 347 g/mol. The molecule has 0 saturated carbocycles. The highest BCUT2D eigenvalue weighted by Gasteiger charge is 2.25. The Labute approximate surface area is 143 Å². The van der Waals surface area contributed by atoms with Gasteiger partial charge in [-0.15, -0.1) is 0 Å². The molecule has 0 spiro atoms. The van der Waals surface area contributed by atoms with E-state index in [4.69, 9.17) is 4.43 Å². The fraction of sp³-hybridized carbons (Fsp3) is 0.471. The van der Waals surface area contributed by atoms with E-state index in [1.165, 1.54) is 4.68 Å². The molecule has 1 N–H and O–H groups in total. The maximum Gasteiger partial charge on any atom is 0.184 e. The van der Waals surface area contributed by atoms with Crippen LogP contribution in [0.15, 0.2) is 30.3 Å². The molecule has 0 aliphatic rings. The summed E-state index contributed by atoms with van der Waals surface area (Å²) in [5.74, 6) is 0.794. The van der Waals surface area contributed by atoms with E-state index in [-0.39, 0.29) is 18.4 Å². The molecule has 2 atom stereocenters. The number of hydrogen-bond acceptors (Lipinski definition) is 5. The summed E-state index contributed by atoms with van der Waals surface area (Å²) in [6, 6.07) is 9.03. The number of carbonyl (C=O) groups excluding carboxylic acids is 1. The molecule has 1 aromatic heterocycles. The highest BCUT2D eigenvalue weighted by molar-refractivity contribution is 6.69. The van der Waals surface area contributed by atoms with Crippen molar-refractivity contribution in [2.75, 3.05) is 0 Å². The zero-order chi connectivity index (χ0) is 17.9. The number of aromatic nitrogens is 3. The van der Waals surface area contributed by atoms with E-state index in [0.717, 1.165) is 0 Å². The van der Waals surface area contributed by atoms with Crippen molar-refractivity contribution >= 4 is 14.1 Å². The number of carbonyl (C=O) groups is 1. The molecule has 7 heteroatoms. The molecular weight excluding hydrogens is 322 g/mol. The minimum absolute atomic E-state index is 0.0386. The van der Waals surface area contributed by atoms with E-state index < -0.39 is 14.4 Å². The van der Waals surface area contributed by atoms with Gasteiger partial charge in [-0.05, 0) is 33.5 Å². The highest BCUT2D eigenvalue weighted by atomic mass is 28.4. The van der Waals surface area contributed by atoms with Gasteiger partial charge in [0.15, 0.2) is 25.7 Å². The van der Waals surface area contributed by atoms with Gasteiger partial charge in [0.2, 0.25) is 0 Å². The van der Waals surface area contributed by atoms with Crippen molar-refractivity contribution in [2.24, 2.45) is 0 Å². The molecular formula is C17H25N3O3Si. The lowest BCUT2D eigenvalue weighted by molar-refractivity contribution is 0.0960.